The summed E-state index contributed by atoms with van der Waals surface area (Å²) in [5.41, 5.74) is -0.0889. The van der Waals surface area contributed by atoms with Crippen LogP contribution in [0.25, 0.3) is 0 Å². The molecule has 0 N–H and O–H groups in total. The maximum atomic E-state index is 12.7. The van der Waals surface area contributed by atoms with Gasteiger partial charge in [0.25, 0.3) is 10.0 Å². The van der Waals surface area contributed by atoms with Crippen LogP contribution in [0.1, 0.15) is 24.1 Å². The molecule has 2 aromatic heterocycles. The summed E-state index contributed by atoms with van der Waals surface area (Å²) in [5.74, 6) is 0. The summed E-state index contributed by atoms with van der Waals surface area (Å²) in [4.78, 5) is 8.14. The molecule has 0 unspecified atom stereocenters. The largest absolute Gasteiger partial charge is 0.433 e. The molecule has 0 aromatic carbocycles. The number of pyridine rings is 1. The van der Waals surface area contributed by atoms with Crippen molar-refractivity contribution >= 4 is 21.4 Å². The van der Waals surface area contributed by atoms with Crippen LogP contribution in [0.15, 0.2) is 40.1 Å². The van der Waals surface area contributed by atoms with E-state index in [2.05, 4.69) is 14.8 Å². The van der Waals surface area contributed by atoms with Crippen LogP contribution >= 0.6 is 11.3 Å². The topological polar surface area (TPSA) is 56.8 Å². The van der Waals surface area contributed by atoms with Gasteiger partial charge in [-0.05, 0) is 49.0 Å². The maximum absolute atomic E-state index is 12.7. The number of piperazine rings is 1. The first kappa shape index (κ1) is 22.7. The Morgan fingerprint density at radius 3 is 2.29 bits per heavy atom. The van der Waals surface area contributed by atoms with Crippen molar-refractivity contribution in [1.82, 2.24) is 19.1 Å². The Morgan fingerprint density at radius 2 is 1.74 bits per heavy atom. The number of sulfonamides is 1. The molecule has 11 heteroatoms. The van der Waals surface area contributed by atoms with Gasteiger partial charge in [0.2, 0.25) is 0 Å². The number of hydrogen-bond donors (Lipinski definition) is 0. The second-order valence-corrected chi connectivity index (χ2v) is 11.0. The van der Waals surface area contributed by atoms with Gasteiger partial charge in [0, 0.05) is 45.0 Å². The lowest BCUT2D eigenvalue weighted by molar-refractivity contribution is -0.141. The van der Waals surface area contributed by atoms with Gasteiger partial charge in [-0.15, -0.1) is 11.3 Å². The first-order chi connectivity index (χ1) is 14.7. The highest BCUT2D eigenvalue weighted by Gasteiger charge is 2.33. The van der Waals surface area contributed by atoms with Crippen LogP contribution in [0.4, 0.5) is 13.2 Å². The van der Waals surface area contributed by atoms with Gasteiger partial charge in [-0.25, -0.2) is 8.42 Å². The van der Waals surface area contributed by atoms with Crippen LogP contribution in [0.3, 0.4) is 0 Å². The van der Waals surface area contributed by atoms with E-state index in [9.17, 15) is 21.6 Å². The van der Waals surface area contributed by atoms with Gasteiger partial charge in [0.15, 0.2) is 0 Å². The fourth-order valence-corrected chi connectivity index (χ4v) is 6.80. The number of piperidine rings is 1. The summed E-state index contributed by atoms with van der Waals surface area (Å²) in [6.45, 7) is 4.75. The number of thiophene rings is 1. The molecule has 0 atom stereocenters. The minimum atomic E-state index is -4.41. The fourth-order valence-electron chi connectivity index (χ4n) is 4.23. The first-order valence-electron chi connectivity index (χ1n) is 10.3. The molecule has 0 spiro atoms. The Morgan fingerprint density at radius 1 is 1.03 bits per heavy atom. The van der Waals surface area contributed by atoms with Gasteiger partial charge in [-0.1, -0.05) is 12.1 Å². The van der Waals surface area contributed by atoms with Crippen LogP contribution in [0.5, 0.6) is 0 Å². The van der Waals surface area contributed by atoms with Gasteiger partial charge in [0.05, 0.1) is 0 Å². The third-order valence-corrected chi connectivity index (χ3v) is 9.23. The Balaban J connectivity index is 1.24. The molecular formula is C20H25F3N4O2S2. The van der Waals surface area contributed by atoms with Gasteiger partial charge < -0.3 is 0 Å². The zero-order chi connectivity index (χ0) is 22.1. The van der Waals surface area contributed by atoms with Crippen molar-refractivity contribution in [3.8, 4) is 0 Å². The van der Waals surface area contributed by atoms with Gasteiger partial charge in [-0.3, -0.25) is 14.8 Å². The number of likely N-dealkylation sites (tertiary alicyclic amines) is 1. The van der Waals surface area contributed by atoms with Crippen molar-refractivity contribution in [3.63, 3.8) is 0 Å². The first-order valence-corrected chi connectivity index (χ1v) is 12.6. The number of alkyl halides is 3. The third kappa shape index (κ3) is 5.28. The van der Waals surface area contributed by atoms with E-state index in [1.807, 2.05) is 0 Å². The summed E-state index contributed by atoms with van der Waals surface area (Å²) in [7, 11) is -3.39. The Kier molecular flexibility index (Phi) is 6.68. The number of nitrogens with zero attached hydrogens (tertiary/aromatic N) is 4. The summed E-state index contributed by atoms with van der Waals surface area (Å²) >= 11 is 1.25. The summed E-state index contributed by atoms with van der Waals surface area (Å²) in [5, 5.41) is 1.78. The lowest BCUT2D eigenvalue weighted by Gasteiger charge is -2.42. The number of halogens is 3. The van der Waals surface area contributed by atoms with Crippen LogP contribution in [0.2, 0.25) is 0 Å². The second-order valence-electron chi connectivity index (χ2n) is 7.93. The molecule has 6 nitrogen and oxygen atoms in total. The standard InChI is InChI=1S/C20H25F3N4O2S2/c21-20(22,23)18-4-3-16(14-24-18)15-25-7-5-17(6-8-25)26-9-11-27(12-10-26)31(28,29)19-2-1-13-30-19/h1-4,13-14,17H,5-12,15H2. The predicted octanol–water partition coefficient (Wildman–Crippen LogP) is 3.13. The van der Waals surface area contributed by atoms with Crippen LogP contribution in [-0.4, -0.2) is 72.8 Å². The van der Waals surface area contributed by atoms with E-state index in [1.165, 1.54) is 23.6 Å². The molecule has 31 heavy (non-hydrogen) atoms. The predicted molar refractivity (Wildman–Crippen MR) is 112 cm³/mol. The molecule has 0 radical (unpaired) electrons. The second kappa shape index (κ2) is 9.14. The summed E-state index contributed by atoms with van der Waals surface area (Å²) < 4.78 is 65.2. The zero-order valence-electron chi connectivity index (χ0n) is 17.0. The highest BCUT2D eigenvalue weighted by molar-refractivity contribution is 7.91. The molecule has 170 valence electrons. The number of aromatic nitrogens is 1. The molecule has 2 aliphatic heterocycles. The normalized spacial score (nSPS) is 20.9. The summed E-state index contributed by atoms with van der Waals surface area (Å²) in [6, 6.07) is 6.34. The zero-order valence-corrected chi connectivity index (χ0v) is 18.6. The van der Waals surface area contributed by atoms with Crippen LogP contribution in [0, 0.1) is 0 Å². The van der Waals surface area contributed by atoms with E-state index < -0.39 is 21.9 Å². The van der Waals surface area contributed by atoms with Gasteiger partial charge >= 0.3 is 6.18 Å². The van der Waals surface area contributed by atoms with E-state index in [0.29, 0.717) is 29.9 Å². The van der Waals surface area contributed by atoms with E-state index in [-0.39, 0.29) is 0 Å². The molecule has 0 aliphatic carbocycles. The third-order valence-electron chi connectivity index (χ3n) is 5.96. The quantitative estimate of drug-likeness (QED) is 0.667. The monoisotopic (exact) mass is 474 g/mol. The maximum Gasteiger partial charge on any atom is 0.433 e. The summed E-state index contributed by atoms with van der Waals surface area (Å²) in [6.07, 6.45) is -1.18. The van der Waals surface area contributed by atoms with Crippen molar-refractivity contribution < 1.29 is 21.6 Å². The molecule has 0 saturated carbocycles. The molecule has 2 fully saturated rings. The SMILES string of the molecule is O=S(=O)(c1cccs1)N1CCN(C2CCN(Cc3ccc(C(F)(F)F)nc3)CC2)CC1. The van der Waals surface area contributed by atoms with Crippen molar-refractivity contribution in [1.29, 1.82) is 0 Å². The average Bonchev–Trinajstić information content (AvgIpc) is 3.30. The highest BCUT2D eigenvalue weighted by Crippen LogP contribution is 2.28. The van der Waals surface area contributed by atoms with Crippen molar-refractivity contribution in [2.45, 2.75) is 35.8 Å². The van der Waals surface area contributed by atoms with Crippen LogP contribution < -0.4 is 0 Å². The van der Waals surface area contributed by atoms with Crippen molar-refractivity contribution in [2.75, 3.05) is 39.3 Å². The molecule has 0 bridgehead atoms. The minimum absolute atomic E-state index is 0.395. The fraction of sp³-hybridized carbons (Fsp3) is 0.550. The highest BCUT2D eigenvalue weighted by atomic mass is 32.2. The van der Waals surface area contributed by atoms with Crippen molar-refractivity contribution in [2.24, 2.45) is 0 Å². The van der Waals surface area contributed by atoms with Crippen molar-refractivity contribution in [3.05, 3.63) is 47.1 Å². The van der Waals surface area contributed by atoms with Crippen LogP contribution in [-0.2, 0) is 22.7 Å². The minimum Gasteiger partial charge on any atom is -0.299 e. The molecule has 2 saturated heterocycles. The van der Waals surface area contributed by atoms with Gasteiger partial charge in [0.1, 0.15) is 9.90 Å². The van der Waals surface area contributed by atoms with E-state index >= 15 is 0 Å². The van der Waals surface area contributed by atoms with Gasteiger partial charge in [-0.2, -0.15) is 17.5 Å². The average molecular weight is 475 g/mol. The molecule has 0 amide bonds. The molecule has 4 rings (SSSR count). The lowest BCUT2D eigenvalue weighted by Crippen LogP contribution is -2.54. The molecule has 2 aromatic rings. The Labute approximate surface area is 184 Å². The number of hydrogen-bond acceptors (Lipinski definition) is 6. The Bertz CT molecular complexity index is 949. The molecule has 4 heterocycles. The number of rotatable bonds is 5. The Hall–Kier alpha value is -1.53. The van der Waals surface area contributed by atoms with E-state index in [0.717, 1.165) is 50.7 Å². The van der Waals surface area contributed by atoms with E-state index in [1.54, 1.807) is 21.8 Å². The molecule has 2 aliphatic rings. The van der Waals surface area contributed by atoms with E-state index in [4.69, 9.17) is 0 Å². The smallest absolute Gasteiger partial charge is 0.299 e. The lowest BCUT2D eigenvalue weighted by atomic mass is 10.0. The molecular weight excluding hydrogens is 449 g/mol.